The first-order valence-corrected chi connectivity index (χ1v) is 4.80. The number of sulfonamides is 1. The van der Waals surface area contributed by atoms with Gasteiger partial charge in [-0.05, 0) is 0 Å². The molecule has 62 valence electrons. The van der Waals surface area contributed by atoms with Gasteiger partial charge in [0.1, 0.15) is 4.75 Å². The Labute approximate surface area is 64.2 Å². The van der Waals surface area contributed by atoms with Crippen molar-refractivity contribution >= 4 is 15.9 Å². The van der Waals surface area contributed by atoms with Gasteiger partial charge in [-0.3, -0.25) is 9.52 Å². The molecule has 2 aliphatic rings. The van der Waals surface area contributed by atoms with Crippen LogP contribution >= 0.6 is 0 Å². The van der Waals surface area contributed by atoms with Crippen LogP contribution in [0.15, 0.2) is 0 Å². The van der Waals surface area contributed by atoms with Crippen LogP contribution in [-0.4, -0.2) is 32.2 Å². The van der Waals surface area contributed by atoms with Gasteiger partial charge in [-0.1, -0.05) is 0 Å². The van der Waals surface area contributed by atoms with E-state index in [-0.39, 0.29) is 12.3 Å². The standard InChI is InChI=1S/C5H8N2O3S/c8-4-1-5(2-6-3-5)11(9,10)7-4/h6H,1-3H2,(H,7,8). The van der Waals surface area contributed by atoms with Crippen LogP contribution in [0.25, 0.3) is 0 Å². The Bertz CT molecular complexity index is 304. The predicted octanol–water partition coefficient (Wildman–Crippen LogP) is -1.82. The summed E-state index contributed by atoms with van der Waals surface area (Å²) in [6.45, 7) is 0.794. The molecular formula is C5H8N2O3S. The lowest BCUT2D eigenvalue weighted by Crippen LogP contribution is -2.62. The highest BCUT2D eigenvalue weighted by Gasteiger charge is 2.55. The van der Waals surface area contributed by atoms with Crippen molar-refractivity contribution in [2.75, 3.05) is 13.1 Å². The number of carbonyl (C=O) groups is 1. The third-order valence-electron chi connectivity index (χ3n) is 2.20. The summed E-state index contributed by atoms with van der Waals surface area (Å²) in [4.78, 5) is 10.7. The molecule has 0 bridgehead atoms. The van der Waals surface area contributed by atoms with Gasteiger partial charge in [-0.25, -0.2) is 8.42 Å². The number of amides is 1. The summed E-state index contributed by atoms with van der Waals surface area (Å²) < 4.78 is 23.6. The second-order valence-electron chi connectivity index (χ2n) is 2.99. The minimum absolute atomic E-state index is 0.113. The fourth-order valence-electron chi connectivity index (χ4n) is 1.40. The molecule has 2 heterocycles. The average molecular weight is 176 g/mol. The molecule has 2 aliphatic heterocycles. The molecule has 0 aromatic rings. The van der Waals surface area contributed by atoms with Gasteiger partial charge < -0.3 is 5.32 Å². The van der Waals surface area contributed by atoms with Crippen molar-refractivity contribution in [3.8, 4) is 0 Å². The molecule has 2 saturated heterocycles. The fourth-order valence-corrected chi connectivity index (χ4v) is 2.89. The first-order valence-electron chi connectivity index (χ1n) is 3.32. The molecule has 1 amide bonds. The van der Waals surface area contributed by atoms with E-state index in [0.29, 0.717) is 13.1 Å². The average Bonchev–Trinajstić information content (AvgIpc) is 1.98. The lowest BCUT2D eigenvalue weighted by Gasteiger charge is -2.35. The molecule has 11 heavy (non-hydrogen) atoms. The van der Waals surface area contributed by atoms with Gasteiger partial charge in [0.05, 0.1) is 6.42 Å². The van der Waals surface area contributed by atoms with E-state index in [9.17, 15) is 13.2 Å². The van der Waals surface area contributed by atoms with Crippen LogP contribution in [0.3, 0.4) is 0 Å². The summed E-state index contributed by atoms with van der Waals surface area (Å²) in [6.07, 6.45) is 0.113. The second-order valence-corrected chi connectivity index (χ2v) is 5.07. The summed E-state index contributed by atoms with van der Waals surface area (Å²) in [5.74, 6) is -0.383. The lowest BCUT2D eigenvalue weighted by molar-refractivity contribution is -0.119. The van der Waals surface area contributed by atoms with Crippen LogP contribution in [0.2, 0.25) is 0 Å². The van der Waals surface area contributed by atoms with Gasteiger partial charge in [-0.2, -0.15) is 0 Å². The molecule has 0 unspecified atom stereocenters. The molecule has 6 heteroatoms. The molecule has 0 atom stereocenters. The van der Waals surface area contributed by atoms with Crippen molar-refractivity contribution in [3.63, 3.8) is 0 Å². The molecule has 0 aromatic heterocycles. The molecule has 0 saturated carbocycles. The highest BCUT2D eigenvalue weighted by Crippen LogP contribution is 2.30. The summed E-state index contributed by atoms with van der Waals surface area (Å²) in [7, 11) is -3.36. The van der Waals surface area contributed by atoms with E-state index in [4.69, 9.17) is 0 Å². The Balaban J connectivity index is 2.42. The molecule has 1 spiro atoms. The quantitative estimate of drug-likeness (QED) is 0.455. The van der Waals surface area contributed by atoms with Gasteiger partial charge in [0.2, 0.25) is 15.9 Å². The third kappa shape index (κ3) is 0.734. The van der Waals surface area contributed by atoms with E-state index >= 15 is 0 Å². The molecule has 5 nitrogen and oxygen atoms in total. The van der Waals surface area contributed by atoms with E-state index in [2.05, 4.69) is 5.32 Å². The van der Waals surface area contributed by atoms with Crippen LogP contribution in [0.5, 0.6) is 0 Å². The number of hydrogen-bond donors (Lipinski definition) is 2. The first-order chi connectivity index (χ1) is 5.06. The van der Waals surface area contributed by atoms with Crippen LogP contribution in [0, 0.1) is 0 Å². The summed E-state index contributed by atoms with van der Waals surface area (Å²) in [5.41, 5.74) is 0. The molecular weight excluding hydrogens is 168 g/mol. The zero-order valence-electron chi connectivity index (χ0n) is 5.75. The van der Waals surface area contributed by atoms with Gasteiger partial charge in [-0.15, -0.1) is 0 Å². The minimum atomic E-state index is -3.36. The van der Waals surface area contributed by atoms with Crippen LogP contribution < -0.4 is 10.0 Å². The molecule has 0 aromatic carbocycles. The Hall–Kier alpha value is -0.620. The van der Waals surface area contributed by atoms with Crippen LogP contribution in [-0.2, 0) is 14.8 Å². The van der Waals surface area contributed by atoms with E-state index in [1.54, 1.807) is 0 Å². The zero-order valence-corrected chi connectivity index (χ0v) is 6.57. The number of nitrogens with one attached hydrogen (secondary N) is 2. The van der Waals surface area contributed by atoms with E-state index in [1.165, 1.54) is 0 Å². The molecule has 2 fully saturated rings. The number of rotatable bonds is 0. The predicted molar refractivity (Wildman–Crippen MR) is 37.3 cm³/mol. The smallest absolute Gasteiger partial charge is 0.243 e. The van der Waals surface area contributed by atoms with Crippen LogP contribution in [0.4, 0.5) is 0 Å². The summed E-state index contributed by atoms with van der Waals surface area (Å²) in [6, 6.07) is 0. The van der Waals surface area contributed by atoms with Gasteiger partial charge in [0, 0.05) is 13.1 Å². The van der Waals surface area contributed by atoms with Crippen LogP contribution in [0.1, 0.15) is 6.42 Å². The highest BCUT2D eigenvalue weighted by molar-refractivity contribution is 7.92. The highest BCUT2D eigenvalue weighted by atomic mass is 32.2. The number of carbonyl (C=O) groups excluding carboxylic acids is 1. The van der Waals surface area contributed by atoms with Gasteiger partial charge in [0.25, 0.3) is 0 Å². The monoisotopic (exact) mass is 176 g/mol. The molecule has 2 N–H and O–H groups in total. The first kappa shape index (κ1) is 7.05. The summed E-state index contributed by atoms with van der Waals surface area (Å²) >= 11 is 0. The van der Waals surface area contributed by atoms with E-state index in [0.717, 1.165) is 0 Å². The fraction of sp³-hybridized carbons (Fsp3) is 0.800. The molecule has 2 rings (SSSR count). The molecule has 0 aliphatic carbocycles. The lowest BCUT2D eigenvalue weighted by atomic mass is 9.98. The Morgan fingerprint density at radius 3 is 2.18 bits per heavy atom. The second kappa shape index (κ2) is 1.75. The SMILES string of the molecule is O=C1CC2(CNC2)S(=O)(=O)N1. The third-order valence-corrected chi connectivity index (χ3v) is 4.26. The van der Waals surface area contributed by atoms with Gasteiger partial charge in [0.15, 0.2) is 0 Å². The van der Waals surface area contributed by atoms with Crippen molar-refractivity contribution in [2.45, 2.75) is 11.2 Å². The Morgan fingerprint density at radius 2 is 2.00 bits per heavy atom. The van der Waals surface area contributed by atoms with Crippen molar-refractivity contribution in [2.24, 2.45) is 0 Å². The van der Waals surface area contributed by atoms with E-state index < -0.39 is 14.8 Å². The Morgan fingerprint density at radius 1 is 1.36 bits per heavy atom. The van der Waals surface area contributed by atoms with Crippen molar-refractivity contribution in [3.05, 3.63) is 0 Å². The maximum atomic E-state index is 11.2. The van der Waals surface area contributed by atoms with Crippen molar-refractivity contribution < 1.29 is 13.2 Å². The minimum Gasteiger partial charge on any atom is -0.313 e. The van der Waals surface area contributed by atoms with E-state index in [1.807, 2.05) is 4.72 Å². The summed E-state index contributed by atoms with van der Waals surface area (Å²) in [5, 5.41) is 2.85. The largest absolute Gasteiger partial charge is 0.313 e. The Kier molecular flexibility index (Phi) is 1.12. The number of hydrogen-bond acceptors (Lipinski definition) is 4. The van der Waals surface area contributed by atoms with Crippen molar-refractivity contribution in [1.82, 2.24) is 10.0 Å². The topological polar surface area (TPSA) is 75.3 Å². The maximum Gasteiger partial charge on any atom is 0.243 e. The normalized spacial score (nSPS) is 31.5. The van der Waals surface area contributed by atoms with Crippen molar-refractivity contribution in [1.29, 1.82) is 0 Å². The molecule has 0 radical (unpaired) electrons. The zero-order chi connectivity index (χ0) is 8.11. The van der Waals surface area contributed by atoms with Gasteiger partial charge >= 0.3 is 0 Å². The maximum absolute atomic E-state index is 11.2.